The van der Waals surface area contributed by atoms with Crippen molar-refractivity contribution in [2.45, 2.75) is 20.3 Å². The minimum atomic E-state index is 0.0671. The molecule has 1 heterocycles. The van der Waals surface area contributed by atoms with Crippen LogP contribution in [0.3, 0.4) is 0 Å². The Labute approximate surface area is 70.9 Å². The molecule has 12 heavy (non-hydrogen) atoms. The Balaban J connectivity index is 2.64. The van der Waals surface area contributed by atoms with Crippen molar-refractivity contribution in [1.82, 2.24) is 4.98 Å². The number of pyridine rings is 1. The molecule has 62 valence electrons. The van der Waals surface area contributed by atoms with Crippen LogP contribution in [0.4, 0.5) is 0 Å². The van der Waals surface area contributed by atoms with Crippen LogP contribution in [0.15, 0.2) is 22.6 Å². The van der Waals surface area contributed by atoms with Gasteiger partial charge in [-0.05, 0) is 31.1 Å². The summed E-state index contributed by atoms with van der Waals surface area (Å²) in [5, 5.41) is 0. The Morgan fingerprint density at radius 2 is 2.25 bits per heavy atom. The third-order valence-corrected chi connectivity index (χ3v) is 2.35. The van der Waals surface area contributed by atoms with Crippen molar-refractivity contribution >= 4 is 5.57 Å². The highest BCUT2D eigenvalue weighted by atomic mass is 16.1. The smallest absolute Gasteiger partial charge is 0.252 e. The number of fused-ring (bicyclic) bond motifs is 1. The maximum atomic E-state index is 11.2. The van der Waals surface area contributed by atoms with Gasteiger partial charge in [0.2, 0.25) is 0 Å². The second kappa shape index (κ2) is 2.34. The number of aromatic amines is 1. The van der Waals surface area contributed by atoms with Crippen molar-refractivity contribution in [1.29, 1.82) is 0 Å². The topological polar surface area (TPSA) is 32.9 Å². The third kappa shape index (κ3) is 0.843. The molecule has 0 aromatic carbocycles. The Morgan fingerprint density at radius 1 is 1.50 bits per heavy atom. The molecule has 0 amide bonds. The molecule has 1 N–H and O–H groups in total. The van der Waals surface area contributed by atoms with Gasteiger partial charge in [0.15, 0.2) is 0 Å². The summed E-state index contributed by atoms with van der Waals surface area (Å²) in [6, 6.07) is 1.97. The second-order valence-electron chi connectivity index (χ2n) is 3.35. The van der Waals surface area contributed by atoms with E-state index in [2.05, 4.69) is 18.8 Å². The molecule has 0 bridgehead atoms. The van der Waals surface area contributed by atoms with Crippen molar-refractivity contribution in [3.8, 4) is 0 Å². The molecule has 0 radical (unpaired) electrons. The molecular weight excluding hydrogens is 150 g/mol. The predicted molar refractivity (Wildman–Crippen MR) is 49.0 cm³/mol. The molecule has 0 unspecified atom stereocenters. The summed E-state index contributed by atoms with van der Waals surface area (Å²) in [5.74, 6) is 0. The van der Waals surface area contributed by atoms with Crippen molar-refractivity contribution in [3.05, 3.63) is 39.3 Å². The SMILES string of the molecule is CC(C)=C1Cc2c1cc[nH]c2=O. The van der Waals surface area contributed by atoms with Crippen LogP contribution in [0.1, 0.15) is 25.0 Å². The van der Waals surface area contributed by atoms with Gasteiger partial charge in [0.05, 0.1) is 0 Å². The van der Waals surface area contributed by atoms with Gasteiger partial charge in [0.1, 0.15) is 0 Å². The zero-order chi connectivity index (χ0) is 8.72. The van der Waals surface area contributed by atoms with Crippen LogP contribution < -0.4 is 5.56 Å². The number of allylic oxidation sites excluding steroid dienone is 2. The fourth-order valence-corrected chi connectivity index (χ4v) is 1.58. The summed E-state index contributed by atoms with van der Waals surface area (Å²) < 4.78 is 0. The molecule has 0 saturated carbocycles. The van der Waals surface area contributed by atoms with Crippen LogP contribution in [0.5, 0.6) is 0 Å². The second-order valence-corrected chi connectivity index (χ2v) is 3.35. The van der Waals surface area contributed by atoms with Gasteiger partial charge >= 0.3 is 0 Å². The van der Waals surface area contributed by atoms with Crippen LogP contribution in [0.25, 0.3) is 5.57 Å². The molecule has 2 heteroatoms. The van der Waals surface area contributed by atoms with Gasteiger partial charge in [0.25, 0.3) is 5.56 Å². The van der Waals surface area contributed by atoms with E-state index < -0.39 is 0 Å². The number of H-pyrrole nitrogens is 1. The van der Waals surface area contributed by atoms with Crippen molar-refractivity contribution in [2.24, 2.45) is 0 Å². The molecule has 1 aromatic heterocycles. The van der Waals surface area contributed by atoms with Gasteiger partial charge in [0, 0.05) is 18.2 Å². The number of rotatable bonds is 0. The number of nitrogens with one attached hydrogen (secondary N) is 1. The van der Waals surface area contributed by atoms with E-state index in [4.69, 9.17) is 0 Å². The quantitative estimate of drug-likeness (QED) is 0.617. The monoisotopic (exact) mass is 161 g/mol. The normalized spacial score (nSPS) is 13.7. The van der Waals surface area contributed by atoms with Crippen molar-refractivity contribution in [2.75, 3.05) is 0 Å². The number of hydrogen-bond donors (Lipinski definition) is 1. The lowest BCUT2D eigenvalue weighted by Gasteiger charge is -2.22. The van der Waals surface area contributed by atoms with Crippen molar-refractivity contribution in [3.63, 3.8) is 0 Å². The molecule has 0 saturated heterocycles. The molecule has 0 aliphatic heterocycles. The zero-order valence-electron chi connectivity index (χ0n) is 7.27. The van der Waals surface area contributed by atoms with Crippen LogP contribution in [-0.4, -0.2) is 4.98 Å². The molecule has 1 aromatic rings. The van der Waals surface area contributed by atoms with Crippen molar-refractivity contribution < 1.29 is 0 Å². The first kappa shape index (κ1) is 7.35. The Hall–Kier alpha value is -1.31. The molecule has 0 atom stereocenters. The lowest BCUT2D eigenvalue weighted by atomic mass is 9.82. The zero-order valence-corrected chi connectivity index (χ0v) is 7.27. The number of hydrogen-bond acceptors (Lipinski definition) is 1. The van der Waals surface area contributed by atoms with E-state index in [-0.39, 0.29) is 5.56 Å². The number of aromatic nitrogens is 1. The van der Waals surface area contributed by atoms with E-state index in [0.29, 0.717) is 0 Å². The summed E-state index contributed by atoms with van der Waals surface area (Å²) >= 11 is 0. The Kier molecular flexibility index (Phi) is 1.43. The molecule has 2 nitrogen and oxygen atoms in total. The van der Waals surface area contributed by atoms with Gasteiger partial charge < -0.3 is 4.98 Å². The third-order valence-electron chi connectivity index (χ3n) is 2.35. The largest absolute Gasteiger partial charge is 0.329 e. The summed E-state index contributed by atoms with van der Waals surface area (Å²) in [6.45, 7) is 4.17. The van der Waals surface area contributed by atoms with E-state index >= 15 is 0 Å². The average molecular weight is 161 g/mol. The highest BCUT2D eigenvalue weighted by Crippen LogP contribution is 2.33. The Bertz CT molecular complexity index is 408. The average Bonchev–Trinajstić information content (AvgIpc) is 1.92. The minimum Gasteiger partial charge on any atom is -0.329 e. The van der Waals surface area contributed by atoms with Gasteiger partial charge in [-0.3, -0.25) is 4.79 Å². The van der Waals surface area contributed by atoms with E-state index in [0.717, 1.165) is 17.5 Å². The summed E-state index contributed by atoms with van der Waals surface area (Å²) in [4.78, 5) is 13.9. The van der Waals surface area contributed by atoms with Gasteiger partial charge in [-0.1, -0.05) is 5.57 Å². The molecule has 1 aliphatic carbocycles. The lowest BCUT2D eigenvalue weighted by molar-refractivity contribution is 1.04. The highest BCUT2D eigenvalue weighted by molar-refractivity contribution is 5.80. The van der Waals surface area contributed by atoms with E-state index in [1.54, 1.807) is 6.20 Å². The maximum absolute atomic E-state index is 11.2. The summed E-state index contributed by atoms with van der Waals surface area (Å²) in [7, 11) is 0. The maximum Gasteiger partial charge on any atom is 0.252 e. The standard InChI is InChI=1S/C10H11NO/c1-6(2)8-5-9-7(8)3-4-11-10(9)12/h3-4H,5H2,1-2H3,(H,11,12). The van der Waals surface area contributed by atoms with Crippen LogP contribution in [0, 0.1) is 0 Å². The first-order valence-corrected chi connectivity index (χ1v) is 4.07. The van der Waals surface area contributed by atoms with E-state index in [1.165, 1.54) is 11.1 Å². The lowest BCUT2D eigenvalue weighted by Crippen LogP contribution is -2.22. The predicted octanol–water partition coefficient (Wildman–Crippen LogP) is 1.72. The van der Waals surface area contributed by atoms with Crippen LogP contribution in [0.2, 0.25) is 0 Å². The minimum absolute atomic E-state index is 0.0671. The first-order chi connectivity index (χ1) is 5.70. The molecule has 1 aliphatic rings. The fraction of sp³-hybridized carbons (Fsp3) is 0.300. The summed E-state index contributed by atoms with van der Waals surface area (Å²) in [6.07, 6.45) is 2.55. The van der Waals surface area contributed by atoms with Crippen LogP contribution in [-0.2, 0) is 6.42 Å². The van der Waals surface area contributed by atoms with E-state index in [9.17, 15) is 4.79 Å². The van der Waals surface area contributed by atoms with Gasteiger partial charge in [-0.15, -0.1) is 0 Å². The summed E-state index contributed by atoms with van der Waals surface area (Å²) in [5.41, 5.74) is 4.79. The molecule has 2 rings (SSSR count). The highest BCUT2D eigenvalue weighted by Gasteiger charge is 2.22. The van der Waals surface area contributed by atoms with Gasteiger partial charge in [-0.25, -0.2) is 0 Å². The molecule has 0 spiro atoms. The Morgan fingerprint density at radius 3 is 2.92 bits per heavy atom. The van der Waals surface area contributed by atoms with Crippen LogP contribution >= 0.6 is 0 Å². The first-order valence-electron chi connectivity index (χ1n) is 4.07. The molecule has 0 fully saturated rings. The van der Waals surface area contributed by atoms with E-state index in [1.807, 2.05) is 6.07 Å². The fourth-order valence-electron chi connectivity index (χ4n) is 1.58. The molecular formula is C10H11NO. The van der Waals surface area contributed by atoms with Gasteiger partial charge in [-0.2, -0.15) is 0 Å².